The summed E-state index contributed by atoms with van der Waals surface area (Å²) in [7, 11) is -7.79. The second kappa shape index (κ2) is 16.2. The van der Waals surface area contributed by atoms with Gasteiger partial charge in [0.15, 0.2) is 15.7 Å². The molecule has 0 spiro atoms. The van der Waals surface area contributed by atoms with Crippen molar-refractivity contribution in [3.05, 3.63) is 93.0 Å². The lowest BCUT2D eigenvalue weighted by Gasteiger charge is -2.23. The van der Waals surface area contributed by atoms with Crippen molar-refractivity contribution in [3.8, 4) is 23.0 Å². The number of carbonyl (C=O) groups excluding carboxylic acids is 1. The summed E-state index contributed by atoms with van der Waals surface area (Å²) in [4.78, 5) is 18.8. The molecule has 3 aromatic heterocycles. The van der Waals surface area contributed by atoms with Crippen LogP contribution < -0.4 is 10.0 Å². The van der Waals surface area contributed by atoms with E-state index in [2.05, 4.69) is 32.1 Å². The Balaban J connectivity index is 1.22. The second-order valence-electron chi connectivity index (χ2n) is 17.5. The predicted octanol–water partition coefficient (Wildman–Crippen LogP) is 8.35. The van der Waals surface area contributed by atoms with Crippen molar-refractivity contribution < 1.29 is 56.8 Å². The molecule has 5 aromatic rings. The van der Waals surface area contributed by atoms with Crippen molar-refractivity contribution in [2.24, 2.45) is 5.92 Å². The molecule has 0 radical (unpaired) electrons. The van der Waals surface area contributed by atoms with E-state index < -0.39 is 120 Å². The number of aromatic nitrogens is 5. The number of amides is 1. The normalized spacial score (nSPS) is 19.4. The summed E-state index contributed by atoms with van der Waals surface area (Å²) >= 11 is 6.65. The largest absolute Gasteiger partial charge is 0.346 e. The molecule has 350 valence electrons. The highest BCUT2D eigenvalue weighted by Gasteiger charge is 2.67. The Labute approximate surface area is 377 Å². The summed E-state index contributed by atoms with van der Waals surface area (Å²) in [6.07, 6.45) is -5.22. The second-order valence-corrected chi connectivity index (χ2v) is 22.6. The quantitative estimate of drug-likeness (QED) is 0.0783. The van der Waals surface area contributed by atoms with Gasteiger partial charge in [0.2, 0.25) is 15.9 Å². The third kappa shape index (κ3) is 8.39. The summed E-state index contributed by atoms with van der Waals surface area (Å²) in [5.74, 6) is -3.71. The monoisotopic (exact) mass is 983 g/mol. The first kappa shape index (κ1) is 45.9. The van der Waals surface area contributed by atoms with Crippen LogP contribution >= 0.6 is 11.6 Å². The fourth-order valence-electron chi connectivity index (χ4n) is 8.68. The number of hydrogen-bond acceptors (Lipinski definition) is 8. The van der Waals surface area contributed by atoms with Crippen molar-refractivity contribution in [1.82, 2.24) is 29.9 Å². The average molecular weight is 984 g/mol. The molecule has 3 atom stereocenters. The van der Waals surface area contributed by atoms with E-state index in [0.29, 0.717) is 36.4 Å². The number of pyridine rings is 1. The lowest BCUT2D eigenvalue weighted by atomic mass is 9.93. The molecule has 2 aromatic carbocycles. The highest BCUT2D eigenvalue weighted by molar-refractivity contribution is 7.94. The van der Waals surface area contributed by atoms with Crippen molar-refractivity contribution in [1.29, 1.82) is 0 Å². The maximum absolute atomic E-state index is 15.5. The molecule has 0 bridgehead atoms. The fourth-order valence-corrected chi connectivity index (χ4v) is 12.0. The van der Waals surface area contributed by atoms with Crippen LogP contribution in [0.4, 0.5) is 40.9 Å². The average Bonchev–Trinajstić information content (AvgIpc) is 4.11. The van der Waals surface area contributed by atoms with Crippen LogP contribution in [0.5, 0.6) is 0 Å². The van der Waals surface area contributed by atoms with Crippen LogP contribution in [0.15, 0.2) is 42.5 Å². The van der Waals surface area contributed by atoms with Gasteiger partial charge in [-0.25, -0.2) is 48.2 Å². The van der Waals surface area contributed by atoms with Crippen LogP contribution in [0.3, 0.4) is 0 Å². The summed E-state index contributed by atoms with van der Waals surface area (Å²) in [6.45, 7) is 0.714. The molecule has 3 saturated carbocycles. The molecular weight excluding hydrogens is 946 g/mol. The van der Waals surface area contributed by atoms with Gasteiger partial charge in [-0.3, -0.25) is 18.9 Å². The molecule has 3 heterocycles. The summed E-state index contributed by atoms with van der Waals surface area (Å²) in [6, 6.07) is 6.37. The molecule has 4 aliphatic carbocycles. The Hall–Kier alpha value is -5.27. The fraction of sp³-hybridized carbons (Fsp3) is 0.442. The number of rotatable bonds is 15. The van der Waals surface area contributed by atoms with E-state index in [1.807, 2.05) is 0 Å². The number of nitrogens with one attached hydrogen (secondary N) is 2. The SMILES string of the molecule is CC(C)(C#Cc1ccc(-c2ccc(Cl)c3c(NS(=O)(=O)C4CC4)nn(CC(F)F)c23)c([C@H](Cc2cc(F)cc(F)c2)NC(=O)Cn2nc(C(F)F)c3c2C(F)(F)[C@@H]2C[C@H]32)n1)S(=O)(=O)C1CC1. The standard InChI is InChI=1S/C43H38ClF8N7O5S2/c1-42(2,65(61,62)24-4-5-24)12-11-23-3-8-26(27-9-10-30(44)35-38(27)58(18-32(47)48)56-41(35)57-66(63,64)25-6-7-25)36(53-23)31(15-20-13-21(45)16-22(46)14-20)54-33(60)19-59-39-34(37(55-59)40(49)50)28-17-29(28)43(39,51)52/h3,8-10,13-14,16,24-25,28-29,31-32,40H,4-7,15,17-19H2,1-2H3,(H,54,60)(H,56,57)/t28-,29+,31-/m0/s1. The zero-order valence-corrected chi connectivity index (χ0v) is 37.1. The van der Waals surface area contributed by atoms with Crippen LogP contribution in [0.25, 0.3) is 22.0 Å². The van der Waals surface area contributed by atoms with Crippen LogP contribution in [-0.4, -0.2) is 69.0 Å². The number of sulfonamides is 1. The number of sulfone groups is 1. The molecule has 0 unspecified atom stereocenters. The number of anilines is 1. The first-order chi connectivity index (χ1) is 31.0. The topological polar surface area (TPSA) is 158 Å². The zero-order chi connectivity index (χ0) is 47.4. The molecule has 12 nitrogen and oxygen atoms in total. The molecule has 23 heteroatoms. The lowest BCUT2D eigenvalue weighted by molar-refractivity contribution is -0.123. The first-order valence-corrected chi connectivity index (χ1v) is 24.2. The lowest BCUT2D eigenvalue weighted by Crippen LogP contribution is -2.35. The number of benzene rings is 2. The van der Waals surface area contributed by atoms with Crippen molar-refractivity contribution >= 4 is 54.1 Å². The van der Waals surface area contributed by atoms with Crippen LogP contribution in [0.1, 0.15) is 98.2 Å². The number of fused-ring (bicyclic) bond motifs is 4. The molecule has 66 heavy (non-hydrogen) atoms. The Bertz CT molecular complexity index is 3110. The summed E-state index contributed by atoms with van der Waals surface area (Å²) in [5, 5.41) is 8.97. The van der Waals surface area contributed by atoms with Gasteiger partial charge in [-0.1, -0.05) is 23.6 Å². The van der Waals surface area contributed by atoms with Crippen molar-refractivity contribution in [3.63, 3.8) is 0 Å². The van der Waals surface area contributed by atoms with E-state index in [9.17, 15) is 48.0 Å². The van der Waals surface area contributed by atoms with Gasteiger partial charge >= 0.3 is 0 Å². The summed E-state index contributed by atoms with van der Waals surface area (Å²) in [5.41, 5.74) is -2.53. The van der Waals surface area contributed by atoms with Gasteiger partial charge in [-0.15, -0.1) is 0 Å². The van der Waals surface area contributed by atoms with E-state index in [1.54, 1.807) is 0 Å². The van der Waals surface area contributed by atoms with E-state index in [-0.39, 0.29) is 61.8 Å². The highest BCUT2D eigenvalue weighted by atomic mass is 35.5. The summed E-state index contributed by atoms with van der Waals surface area (Å²) < 4.78 is 172. The van der Waals surface area contributed by atoms with E-state index in [4.69, 9.17) is 16.6 Å². The smallest absolute Gasteiger partial charge is 0.293 e. The van der Waals surface area contributed by atoms with Crippen LogP contribution in [0.2, 0.25) is 5.02 Å². The van der Waals surface area contributed by atoms with Gasteiger partial charge in [0.05, 0.1) is 38.2 Å². The zero-order valence-electron chi connectivity index (χ0n) is 34.7. The molecule has 0 aliphatic heterocycles. The molecule has 4 aliphatic rings. The third-order valence-electron chi connectivity index (χ3n) is 12.2. The minimum atomic E-state index is -4.04. The van der Waals surface area contributed by atoms with Gasteiger partial charge in [-0.05, 0) is 100 Å². The van der Waals surface area contributed by atoms with E-state index in [0.717, 1.165) is 16.8 Å². The number of halogens is 9. The van der Waals surface area contributed by atoms with Gasteiger partial charge in [0.1, 0.15) is 46.6 Å². The Morgan fingerprint density at radius 3 is 2.23 bits per heavy atom. The third-order valence-corrected chi connectivity index (χ3v) is 17.2. The molecule has 1 amide bonds. The van der Waals surface area contributed by atoms with E-state index >= 15 is 8.78 Å². The minimum absolute atomic E-state index is 0.00728. The highest BCUT2D eigenvalue weighted by Crippen LogP contribution is 2.68. The number of carbonyl (C=O) groups is 1. The van der Waals surface area contributed by atoms with Gasteiger partial charge in [-0.2, -0.15) is 19.0 Å². The maximum atomic E-state index is 15.5. The minimum Gasteiger partial charge on any atom is -0.346 e. The van der Waals surface area contributed by atoms with Crippen LogP contribution in [0, 0.1) is 29.4 Å². The predicted molar refractivity (Wildman–Crippen MR) is 225 cm³/mol. The Morgan fingerprint density at radius 1 is 0.924 bits per heavy atom. The number of hydrogen-bond donors (Lipinski definition) is 2. The van der Waals surface area contributed by atoms with Crippen molar-refractivity contribution in [2.75, 3.05) is 4.72 Å². The van der Waals surface area contributed by atoms with Crippen LogP contribution in [-0.2, 0) is 50.1 Å². The molecule has 0 saturated heterocycles. The Kier molecular flexibility index (Phi) is 11.3. The maximum Gasteiger partial charge on any atom is 0.293 e. The molecule has 2 N–H and O–H groups in total. The molecule has 3 fully saturated rings. The van der Waals surface area contributed by atoms with Crippen molar-refractivity contribution in [2.45, 2.75) is 111 Å². The van der Waals surface area contributed by atoms with Gasteiger partial charge < -0.3 is 5.32 Å². The van der Waals surface area contributed by atoms with Gasteiger partial charge in [0, 0.05) is 28.7 Å². The van der Waals surface area contributed by atoms with Gasteiger partial charge in [0.25, 0.3) is 18.8 Å². The van der Waals surface area contributed by atoms with E-state index in [1.165, 1.54) is 38.1 Å². The Morgan fingerprint density at radius 2 is 1.59 bits per heavy atom. The first-order valence-electron chi connectivity index (χ1n) is 20.7. The molecule has 9 rings (SSSR count). The number of alkyl halides is 6. The number of nitrogens with zero attached hydrogens (tertiary/aromatic N) is 5. The molecular formula is C43H38ClF8N7O5S2.